The summed E-state index contributed by atoms with van der Waals surface area (Å²) in [5.74, 6) is 1.54. The van der Waals surface area contributed by atoms with Gasteiger partial charge in [-0.3, -0.25) is 4.79 Å². The van der Waals surface area contributed by atoms with E-state index in [2.05, 4.69) is 27.6 Å². The molecule has 1 aromatic carbocycles. The summed E-state index contributed by atoms with van der Waals surface area (Å²) in [6.45, 7) is 0.743. The van der Waals surface area contributed by atoms with E-state index >= 15 is 0 Å². The summed E-state index contributed by atoms with van der Waals surface area (Å²) in [5.41, 5.74) is 8.99. The Morgan fingerprint density at radius 2 is 2.03 bits per heavy atom. The highest BCUT2D eigenvalue weighted by molar-refractivity contribution is 6.08. The average Bonchev–Trinajstić information content (AvgIpc) is 3.49. The molecule has 1 aliphatic carbocycles. The van der Waals surface area contributed by atoms with E-state index in [-0.39, 0.29) is 11.8 Å². The molecule has 0 bridgehead atoms. The van der Waals surface area contributed by atoms with Crippen molar-refractivity contribution in [1.82, 2.24) is 15.3 Å². The molecule has 2 fully saturated rings. The van der Waals surface area contributed by atoms with Crippen LogP contribution in [0.5, 0.6) is 0 Å². The maximum absolute atomic E-state index is 12.1. The van der Waals surface area contributed by atoms with Crippen LogP contribution in [0.4, 0.5) is 17.5 Å². The first-order valence-electron chi connectivity index (χ1n) is 11.3. The number of hydrogen-bond donors (Lipinski definition) is 4. The minimum absolute atomic E-state index is 0.0145. The Balaban J connectivity index is 1.58. The summed E-state index contributed by atoms with van der Waals surface area (Å²) >= 11 is 0. The lowest BCUT2D eigenvalue weighted by Gasteiger charge is -2.28. The van der Waals surface area contributed by atoms with Gasteiger partial charge in [0, 0.05) is 61.0 Å². The number of rotatable bonds is 8. The van der Waals surface area contributed by atoms with Crippen molar-refractivity contribution in [3.63, 3.8) is 0 Å². The number of allylic oxidation sites excluding steroid dienone is 1. The molecule has 4 rings (SSSR count). The van der Waals surface area contributed by atoms with Crippen molar-refractivity contribution < 1.29 is 4.79 Å². The highest BCUT2D eigenvalue weighted by atomic mass is 16.2. The molecule has 2 aliphatic rings. The highest BCUT2D eigenvalue weighted by Gasteiger charge is 2.28. The Hall–Kier alpha value is -3.42. The fourth-order valence-corrected chi connectivity index (χ4v) is 4.58. The van der Waals surface area contributed by atoms with Gasteiger partial charge in [0.05, 0.1) is 0 Å². The Labute approximate surface area is 188 Å². The van der Waals surface area contributed by atoms with Gasteiger partial charge in [-0.15, -0.1) is 0 Å². The van der Waals surface area contributed by atoms with Gasteiger partial charge in [0.1, 0.15) is 5.82 Å². The van der Waals surface area contributed by atoms with Crippen LogP contribution in [0.1, 0.15) is 43.2 Å². The molecule has 32 heavy (non-hydrogen) atoms. The van der Waals surface area contributed by atoms with Crippen LogP contribution in [0, 0.1) is 11.3 Å². The molecule has 8 heteroatoms. The summed E-state index contributed by atoms with van der Waals surface area (Å²) in [5, 5.41) is 13.7. The molecular formula is C24H31N7O. The quantitative estimate of drug-likeness (QED) is 0.475. The topological polar surface area (TPSA) is 120 Å². The first-order chi connectivity index (χ1) is 15.6. The van der Waals surface area contributed by atoms with Crippen LogP contribution in [0.2, 0.25) is 0 Å². The van der Waals surface area contributed by atoms with Gasteiger partial charge in [0.2, 0.25) is 11.9 Å². The first kappa shape index (κ1) is 21.8. The van der Waals surface area contributed by atoms with E-state index in [9.17, 15) is 4.79 Å². The second-order valence-electron chi connectivity index (χ2n) is 8.54. The Morgan fingerprint density at radius 3 is 2.66 bits per heavy atom. The number of nitrogens with one attached hydrogen (secondary N) is 3. The molecule has 0 radical (unpaired) electrons. The fourth-order valence-electron chi connectivity index (χ4n) is 4.58. The molecule has 1 amide bonds. The van der Waals surface area contributed by atoms with Gasteiger partial charge in [-0.05, 0) is 43.4 Å². The van der Waals surface area contributed by atoms with Crippen LogP contribution in [0.15, 0.2) is 36.7 Å². The SMILES string of the molecule is CN(c1nc(Nc2ccc(/C(C=N)=C/N)cc2)ncc1CC1CCNC1=O)C1CCCC1. The summed E-state index contributed by atoms with van der Waals surface area (Å²) in [6, 6.07) is 8.12. The molecule has 2 aromatic rings. The Bertz CT molecular complexity index is 996. The van der Waals surface area contributed by atoms with Gasteiger partial charge < -0.3 is 26.7 Å². The standard InChI is InChI=1S/C24H31N7O/c1-31(21-4-2-3-5-21)22-18(12-17-10-11-27-23(17)32)15-28-24(30-22)29-20-8-6-16(7-9-20)19(13-25)14-26/h6-9,13-15,17,21,25H,2-5,10-12,26H2,1H3,(H,27,32)(H,28,29,30)/b19-14+,25-13?. The first-order valence-corrected chi connectivity index (χ1v) is 11.3. The largest absolute Gasteiger partial charge is 0.404 e. The number of anilines is 3. The molecule has 168 valence electrons. The molecule has 1 unspecified atom stereocenters. The summed E-state index contributed by atoms with van der Waals surface area (Å²) < 4.78 is 0. The molecule has 1 saturated heterocycles. The van der Waals surface area contributed by atoms with E-state index in [1.54, 1.807) is 0 Å². The van der Waals surface area contributed by atoms with Crippen LogP contribution in [0.25, 0.3) is 5.57 Å². The number of amides is 1. The molecule has 1 saturated carbocycles. The summed E-state index contributed by atoms with van der Waals surface area (Å²) in [7, 11) is 2.10. The summed E-state index contributed by atoms with van der Waals surface area (Å²) in [6.07, 6.45) is 10.8. The van der Waals surface area contributed by atoms with Gasteiger partial charge in [-0.25, -0.2) is 4.98 Å². The van der Waals surface area contributed by atoms with E-state index < -0.39 is 0 Å². The van der Waals surface area contributed by atoms with E-state index in [0.29, 0.717) is 24.0 Å². The van der Waals surface area contributed by atoms with Crippen molar-refractivity contribution in [3.8, 4) is 0 Å². The zero-order valence-corrected chi connectivity index (χ0v) is 18.5. The van der Waals surface area contributed by atoms with Gasteiger partial charge in [-0.2, -0.15) is 4.98 Å². The predicted octanol–water partition coefficient (Wildman–Crippen LogP) is 3.23. The highest BCUT2D eigenvalue weighted by Crippen LogP contribution is 2.31. The molecule has 2 heterocycles. The number of hydrogen-bond acceptors (Lipinski definition) is 7. The smallest absolute Gasteiger partial charge is 0.229 e. The monoisotopic (exact) mass is 433 g/mol. The van der Waals surface area contributed by atoms with E-state index in [0.717, 1.165) is 48.4 Å². The van der Waals surface area contributed by atoms with Crippen molar-refractivity contribution in [2.24, 2.45) is 11.7 Å². The number of carbonyl (C=O) groups is 1. The van der Waals surface area contributed by atoms with Crippen molar-refractivity contribution in [3.05, 3.63) is 47.8 Å². The molecule has 8 nitrogen and oxygen atoms in total. The number of aromatic nitrogens is 2. The zero-order valence-electron chi connectivity index (χ0n) is 18.5. The number of benzene rings is 1. The lowest BCUT2D eigenvalue weighted by Crippen LogP contribution is -2.31. The maximum Gasteiger partial charge on any atom is 0.229 e. The minimum atomic E-state index is -0.0145. The molecule has 1 aliphatic heterocycles. The van der Waals surface area contributed by atoms with Crippen LogP contribution in [0.3, 0.4) is 0 Å². The van der Waals surface area contributed by atoms with E-state index in [1.807, 2.05) is 30.5 Å². The van der Waals surface area contributed by atoms with Crippen molar-refractivity contribution >= 4 is 35.1 Å². The van der Waals surface area contributed by atoms with E-state index in [1.165, 1.54) is 25.3 Å². The Kier molecular flexibility index (Phi) is 6.68. The van der Waals surface area contributed by atoms with Gasteiger partial charge in [0.25, 0.3) is 0 Å². The molecule has 1 atom stereocenters. The van der Waals surface area contributed by atoms with Gasteiger partial charge in [-0.1, -0.05) is 25.0 Å². The van der Waals surface area contributed by atoms with Gasteiger partial charge in [0.15, 0.2) is 0 Å². The third-order valence-electron chi connectivity index (χ3n) is 6.49. The number of carbonyl (C=O) groups excluding carboxylic acids is 1. The number of nitrogens with zero attached hydrogens (tertiary/aromatic N) is 3. The van der Waals surface area contributed by atoms with Crippen LogP contribution in [-0.2, 0) is 11.2 Å². The maximum atomic E-state index is 12.1. The molecule has 0 spiro atoms. The van der Waals surface area contributed by atoms with Crippen LogP contribution in [-0.4, -0.2) is 41.7 Å². The summed E-state index contributed by atoms with van der Waals surface area (Å²) in [4.78, 5) is 23.8. The third-order valence-corrected chi connectivity index (χ3v) is 6.49. The van der Waals surface area contributed by atoms with Crippen LogP contribution >= 0.6 is 0 Å². The second-order valence-corrected chi connectivity index (χ2v) is 8.54. The molecule has 5 N–H and O–H groups in total. The predicted molar refractivity (Wildman–Crippen MR) is 128 cm³/mol. The fraction of sp³-hybridized carbons (Fsp3) is 0.417. The number of nitrogens with two attached hydrogens (primary N) is 1. The molecular weight excluding hydrogens is 402 g/mol. The Morgan fingerprint density at radius 1 is 1.28 bits per heavy atom. The van der Waals surface area contributed by atoms with Crippen molar-refractivity contribution in [2.75, 3.05) is 23.8 Å². The van der Waals surface area contributed by atoms with Crippen molar-refractivity contribution in [1.29, 1.82) is 5.41 Å². The van der Waals surface area contributed by atoms with Gasteiger partial charge >= 0.3 is 0 Å². The third kappa shape index (κ3) is 4.74. The zero-order chi connectivity index (χ0) is 22.5. The lowest BCUT2D eigenvalue weighted by atomic mass is 9.99. The average molecular weight is 434 g/mol. The normalized spacial score (nSPS) is 19.1. The van der Waals surface area contributed by atoms with Crippen molar-refractivity contribution in [2.45, 2.75) is 44.6 Å². The van der Waals surface area contributed by atoms with Crippen LogP contribution < -0.4 is 21.3 Å². The minimum Gasteiger partial charge on any atom is -0.404 e. The molecule has 1 aromatic heterocycles. The second kappa shape index (κ2) is 9.80. The lowest BCUT2D eigenvalue weighted by molar-refractivity contribution is -0.122. The van der Waals surface area contributed by atoms with E-state index in [4.69, 9.17) is 16.1 Å².